The average Bonchev–Trinajstić information content (AvgIpc) is 2.81. The zero-order chi connectivity index (χ0) is 12.3. The Morgan fingerprint density at radius 2 is 2.35 bits per heavy atom. The molecule has 1 fully saturated rings. The fourth-order valence-electron chi connectivity index (χ4n) is 1.67. The number of hydrogen-bond donors (Lipinski definition) is 1. The molecule has 17 heavy (non-hydrogen) atoms. The molecule has 1 aliphatic rings. The number of rotatable bonds is 4. The molecule has 2 rings (SSSR count). The number of nitrogens with zero attached hydrogens (tertiary/aromatic N) is 1. The van der Waals surface area contributed by atoms with E-state index in [0.29, 0.717) is 5.75 Å². The molecule has 0 spiro atoms. The highest BCUT2D eigenvalue weighted by Crippen LogP contribution is 2.26. The molecular formula is C11H14F2N2OS. The van der Waals surface area contributed by atoms with Gasteiger partial charge in [-0.2, -0.15) is 0 Å². The van der Waals surface area contributed by atoms with Crippen molar-refractivity contribution in [1.82, 2.24) is 4.98 Å². The van der Waals surface area contributed by atoms with Gasteiger partial charge in [0.1, 0.15) is 5.03 Å². The van der Waals surface area contributed by atoms with Crippen molar-refractivity contribution in [2.24, 2.45) is 0 Å². The Hall–Kier alpha value is -0.880. The van der Waals surface area contributed by atoms with Gasteiger partial charge in [-0.1, -0.05) is 0 Å². The van der Waals surface area contributed by atoms with Crippen molar-refractivity contribution in [2.75, 3.05) is 24.7 Å². The number of aromatic nitrogens is 1. The Labute approximate surface area is 103 Å². The molecule has 1 N–H and O–H groups in total. The summed E-state index contributed by atoms with van der Waals surface area (Å²) in [4.78, 5) is 3.90. The van der Waals surface area contributed by atoms with Crippen LogP contribution in [0.15, 0.2) is 11.1 Å². The lowest BCUT2D eigenvalue weighted by Crippen LogP contribution is -2.09. The lowest BCUT2D eigenvalue weighted by atomic mass is 10.3. The summed E-state index contributed by atoms with van der Waals surface area (Å²) < 4.78 is 32.1. The highest BCUT2D eigenvalue weighted by molar-refractivity contribution is 7.99. The number of thioether (sulfide) groups is 1. The number of pyridine rings is 1. The first-order valence-corrected chi connectivity index (χ1v) is 6.47. The summed E-state index contributed by atoms with van der Waals surface area (Å²) >= 11 is 1.26. The van der Waals surface area contributed by atoms with E-state index in [1.165, 1.54) is 11.8 Å². The number of anilines is 1. The van der Waals surface area contributed by atoms with Crippen LogP contribution in [0.5, 0.6) is 0 Å². The fourth-order valence-corrected chi connectivity index (χ4v) is 2.63. The van der Waals surface area contributed by atoms with Gasteiger partial charge in [0.2, 0.25) is 0 Å². The maximum Gasteiger partial charge on any atom is 0.168 e. The van der Waals surface area contributed by atoms with Gasteiger partial charge in [0.25, 0.3) is 0 Å². The van der Waals surface area contributed by atoms with Crippen LogP contribution in [0.4, 0.5) is 14.6 Å². The Kier molecular flexibility index (Phi) is 4.17. The predicted octanol–water partition coefficient (Wildman–Crippen LogP) is 2.67. The minimum Gasteiger partial charge on any atom is -0.377 e. The number of nitrogens with one attached hydrogen (secondary N) is 1. The maximum absolute atomic E-state index is 13.4. The quantitative estimate of drug-likeness (QED) is 0.844. The van der Waals surface area contributed by atoms with Crippen LogP contribution in [0.2, 0.25) is 0 Å². The molecule has 0 aromatic carbocycles. The molecule has 3 nitrogen and oxygen atoms in total. The molecule has 2 heterocycles. The van der Waals surface area contributed by atoms with Gasteiger partial charge in [0.05, 0.1) is 6.10 Å². The second-order valence-electron chi connectivity index (χ2n) is 3.80. The second-order valence-corrected chi connectivity index (χ2v) is 4.81. The van der Waals surface area contributed by atoms with Gasteiger partial charge in [0.15, 0.2) is 17.5 Å². The Bertz CT molecular complexity index is 397. The van der Waals surface area contributed by atoms with E-state index in [-0.39, 0.29) is 16.9 Å². The van der Waals surface area contributed by atoms with Gasteiger partial charge in [-0.25, -0.2) is 13.8 Å². The van der Waals surface area contributed by atoms with E-state index in [2.05, 4.69) is 10.3 Å². The van der Waals surface area contributed by atoms with Gasteiger partial charge in [-0.15, -0.1) is 11.8 Å². The molecule has 6 heteroatoms. The van der Waals surface area contributed by atoms with Crippen LogP contribution in [0.3, 0.4) is 0 Å². The van der Waals surface area contributed by atoms with Crippen molar-refractivity contribution in [1.29, 1.82) is 0 Å². The summed E-state index contributed by atoms with van der Waals surface area (Å²) in [6, 6.07) is 0.858. The van der Waals surface area contributed by atoms with Crippen LogP contribution < -0.4 is 5.32 Å². The van der Waals surface area contributed by atoms with Gasteiger partial charge < -0.3 is 10.1 Å². The van der Waals surface area contributed by atoms with Crippen molar-refractivity contribution in [3.8, 4) is 0 Å². The van der Waals surface area contributed by atoms with Crippen LogP contribution in [-0.2, 0) is 4.74 Å². The summed E-state index contributed by atoms with van der Waals surface area (Å²) in [5, 5.41) is 2.81. The van der Waals surface area contributed by atoms with Crippen molar-refractivity contribution >= 4 is 17.6 Å². The minimum atomic E-state index is -0.675. The van der Waals surface area contributed by atoms with Crippen LogP contribution in [-0.4, -0.2) is 30.5 Å². The van der Waals surface area contributed by atoms with Crippen LogP contribution in [0.1, 0.15) is 12.8 Å². The van der Waals surface area contributed by atoms with Gasteiger partial charge in [0, 0.05) is 25.5 Å². The van der Waals surface area contributed by atoms with E-state index in [4.69, 9.17) is 4.74 Å². The first-order chi connectivity index (χ1) is 8.20. The van der Waals surface area contributed by atoms with Crippen molar-refractivity contribution < 1.29 is 13.5 Å². The number of halogens is 2. The molecule has 0 aliphatic carbocycles. The van der Waals surface area contributed by atoms with Gasteiger partial charge in [-0.3, -0.25) is 0 Å². The van der Waals surface area contributed by atoms with Crippen LogP contribution in [0.25, 0.3) is 0 Å². The monoisotopic (exact) mass is 260 g/mol. The highest BCUT2D eigenvalue weighted by atomic mass is 32.2. The third-order valence-electron chi connectivity index (χ3n) is 2.56. The predicted molar refractivity (Wildman–Crippen MR) is 63.4 cm³/mol. The second kappa shape index (κ2) is 5.64. The molecule has 1 unspecified atom stereocenters. The van der Waals surface area contributed by atoms with E-state index in [1.807, 2.05) is 0 Å². The Morgan fingerprint density at radius 1 is 1.53 bits per heavy atom. The molecule has 94 valence electrons. The van der Waals surface area contributed by atoms with Crippen molar-refractivity contribution in [3.63, 3.8) is 0 Å². The lowest BCUT2D eigenvalue weighted by Gasteiger charge is -2.10. The third kappa shape index (κ3) is 3.07. The third-order valence-corrected chi connectivity index (χ3v) is 3.66. The van der Waals surface area contributed by atoms with E-state index < -0.39 is 11.6 Å². The summed E-state index contributed by atoms with van der Waals surface area (Å²) in [6.45, 7) is 0.770. The SMILES string of the molecule is CNc1nc(SCC2CCCO2)c(F)cc1F. The van der Waals surface area contributed by atoms with Gasteiger partial charge in [-0.05, 0) is 12.8 Å². The minimum absolute atomic E-state index is 0.0706. The van der Waals surface area contributed by atoms with Gasteiger partial charge >= 0.3 is 0 Å². The molecule has 0 radical (unpaired) electrons. The molecule has 1 aromatic rings. The van der Waals surface area contributed by atoms with E-state index in [0.717, 1.165) is 25.5 Å². The Balaban J connectivity index is 2.03. The largest absolute Gasteiger partial charge is 0.377 e. The van der Waals surface area contributed by atoms with Crippen molar-refractivity contribution in [2.45, 2.75) is 24.0 Å². The summed E-state index contributed by atoms with van der Waals surface area (Å²) in [5.41, 5.74) is 0. The average molecular weight is 260 g/mol. The maximum atomic E-state index is 13.4. The fraction of sp³-hybridized carbons (Fsp3) is 0.545. The zero-order valence-corrected chi connectivity index (χ0v) is 10.3. The Morgan fingerprint density at radius 3 is 3.00 bits per heavy atom. The first kappa shape index (κ1) is 12.6. The molecular weight excluding hydrogens is 246 g/mol. The van der Waals surface area contributed by atoms with E-state index >= 15 is 0 Å². The molecule has 0 bridgehead atoms. The molecule has 0 amide bonds. The molecule has 0 saturated carbocycles. The number of hydrogen-bond acceptors (Lipinski definition) is 4. The first-order valence-electron chi connectivity index (χ1n) is 5.49. The normalized spacial score (nSPS) is 19.6. The van der Waals surface area contributed by atoms with Crippen LogP contribution >= 0.6 is 11.8 Å². The molecule has 1 aromatic heterocycles. The summed E-state index contributed by atoms with van der Waals surface area (Å²) in [5.74, 6) is -0.573. The summed E-state index contributed by atoms with van der Waals surface area (Å²) in [7, 11) is 1.55. The molecule has 1 saturated heterocycles. The molecule has 1 atom stereocenters. The molecule has 1 aliphatic heterocycles. The topological polar surface area (TPSA) is 34.2 Å². The standard InChI is InChI=1S/C11H14F2N2OS/c1-14-10-8(12)5-9(13)11(15-10)17-6-7-3-2-4-16-7/h5,7H,2-4,6H2,1H3,(H,14,15). The highest BCUT2D eigenvalue weighted by Gasteiger charge is 2.18. The number of ether oxygens (including phenoxy) is 1. The summed E-state index contributed by atoms with van der Waals surface area (Å²) in [6.07, 6.45) is 2.20. The van der Waals surface area contributed by atoms with E-state index in [9.17, 15) is 8.78 Å². The smallest absolute Gasteiger partial charge is 0.168 e. The van der Waals surface area contributed by atoms with E-state index in [1.54, 1.807) is 7.05 Å². The van der Waals surface area contributed by atoms with Crippen molar-refractivity contribution in [3.05, 3.63) is 17.7 Å². The van der Waals surface area contributed by atoms with Crippen LogP contribution in [0, 0.1) is 11.6 Å². The lowest BCUT2D eigenvalue weighted by molar-refractivity contribution is 0.129. The zero-order valence-electron chi connectivity index (χ0n) is 9.50.